The predicted molar refractivity (Wildman–Crippen MR) is 96.2 cm³/mol. The lowest BCUT2D eigenvalue weighted by molar-refractivity contribution is -0.274. The van der Waals surface area contributed by atoms with Gasteiger partial charge < -0.3 is 9.47 Å². The number of alkyl halides is 3. The number of rotatable bonds is 5. The van der Waals surface area contributed by atoms with Crippen LogP contribution in [0.1, 0.15) is 26.3 Å². The molecular weight excluding hydrogens is 383 g/mol. The smallest absolute Gasteiger partial charge is 0.468 e. The third kappa shape index (κ3) is 3.80. The number of pyridine rings is 1. The van der Waals surface area contributed by atoms with Crippen LogP contribution >= 0.6 is 11.6 Å². The van der Waals surface area contributed by atoms with Crippen molar-refractivity contribution in [3.63, 3.8) is 0 Å². The number of halogens is 4. The fraction of sp³-hybridized carbons (Fsp3) is 0.333. The fourth-order valence-electron chi connectivity index (χ4n) is 2.82. The molecule has 1 atom stereocenters. The van der Waals surface area contributed by atoms with Crippen molar-refractivity contribution in [2.45, 2.75) is 32.7 Å². The lowest BCUT2D eigenvalue weighted by atomic mass is 10.1. The fourth-order valence-corrected chi connectivity index (χ4v) is 3.09. The van der Waals surface area contributed by atoms with Gasteiger partial charge in [0.05, 0.1) is 12.1 Å². The summed E-state index contributed by atoms with van der Waals surface area (Å²) in [5.74, 6) is -0.385. The molecule has 0 aliphatic carbocycles. The van der Waals surface area contributed by atoms with Gasteiger partial charge in [-0.05, 0) is 37.6 Å². The third-order valence-corrected chi connectivity index (χ3v) is 4.54. The van der Waals surface area contributed by atoms with Gasteiger partial charge in [0.1, 0.15) is 11.3 Å². The minimum Gasteiger partial charge on any atom is -0.468 e. The van der Waals surface area contributed by atoms with Crippen LogP contribution in [0.3, 0.4) is 0 Å². The van der Waals surface area contributed by atoms with Gasteiger partial charge in [-0.1, -0.05) is 18.5 Å². The molecule has 0 aliphatic heterocycles. The number of hydrogen-bond acceptors (Lipinski definition) is 4. The zero-order chi connectivity index (χ0) is 19.8. The highest BCUT2D eigenvalue weighted by Gasteiger charge is 2.31. The van der Waals surface area contributed by atoms with Crippen LogP contribution in [0.5, 0.6) is 11.8 Å². The van der Waals surface area contributed by atoms with Crippen LogP contribution < -0.4 is 9.47 Å². The Morgan fingerprint density at radius 2 is 1.96 bits per heavy atom. The zero-order valence-corrected chi connectivity index (χ0v) is 15.6. The Morgan fingerprint density at radius 1 is 1.22 bits per heavy atom. The van der Waals surface area contributed by atoms with E-state index in [1.165, 1.54) is 19.2 Å². The minimum atomic E-state index is -4.78. The Balaban J connectivity index is 2.14. The van der Waals surface area contributed by atoms with Gasteiger partial charge in [-0.3, -0.25) is 4.57 Å². The molecule has 2 heterocycles. The topological polar surface area (TPSA) is 49.2 Å². The van der Waals surface area contributed by atoms with E-state index in [2.05, 4.69) is 14.7 Å². The van der Waals surface area contributed by atoms with E-state index in [9.17, 15) is 13.2 Å². The number of ether oxygens (including phenoxy) is 2. The number of fused-ring (bicyclic) bond motifs is 1. The van der Waals surface area contributed by atoms with E-state index in [-0.39, 0.29) is 16.8 Å². The Kier molecular flexibility index (Phi) is 5.19. The molecule has 3 aromatic rings. The van der Waals surface area contributed by atoms with Crippen LogP contribution in [0.25, 0.3) is 22.3 Å². The lowest BCUT2D eigenvalue weighted by Crippen LogP contribution is -2.17. The van der Waals surface area contributed by atoms with Crippen LogP contribution in [0.4, 0.5) is 13.2 Å². The van der Waals surface area contributed by atoms with Crippen molar-refractivity contribution in [3.05, 3.63) is 35.5 Å². The molecule has 144 valence electrons. The van der Waals surface area contributed by atoms with Crippen molar-refractivity contribution in [1.82, 2.24) is 14.5 Å². The molecule has 0 saturated heterocycles. The van der Waals surface area contributed by atoms with Crippen molar-refractivity contribution >= 4 is 22.8 Å². The minimum absolute atomic E-state index is 0.103. The van der Waals surface area contributed by atoms with Crippen LogP contribution in [-0.4, -0.2) is 28.0 Å². The van der Waals surface area contributed by atoms with Gasteiger partial charge in [-0.25, -0.2) is 4.98 Å². The standard InChI is InChI=1S/C18H17ClF3N3O2/c1-4-10(2)25-16-15(24-17(25)26-3)13(7-8-23-16)12-6-5-11(9-14(12)19)27-18(20,21)22/h5-10H,4H2,1-3H3. The molecule has 2 aromatic heterocycles. The third-order valence-electron chi connectivity index (χ3n) is 4.23. The molecule has 1 aromatic carbocycles. The molecule has 3 rings (SSSR count). The van der Waals surface area contributed by atoms with E-state index in [1.807, 2.05) is 18.4 Å². The van der Waals surface area contributed by atoms with Crippen LogP contribution in [-0.2, 0) is 0 Å². The molecule has 9 heteroatoms. The van der Waals surface area contributed by atoms with Gasteiger partial charge in [0.15, 0.2) is 5.65 Å². The van der Waals surface area contributed by atoms with E-state index < -0.39 is 6.36 Å². The maximum atomic E-state index is 12.4. The van der Waals surface area contributed by atoms with E-state index >= 15 is 0 Å². The van der Waals surface area contributed by atoms with Crippen LogP contribution in [0.2, 0.25) is 5.02 Å². The Morgan fingerprint density at radius 3 is 2.56 bits per heavy atom. The second-order valence-corrected chi connectivity index (χ2v) is 6.35. The highest BCUT2D eigenvalue weighted by Crippen LogP contribution is 2.37. The summed E-state index contributed by atoms with van der Waals surface area (Å²) in [7, 11) is 1.52. The molecule has 0 aliphatic rings. The van der Waals surface area contributed by atoms with E-state index in [0.29, 0.717) is 28.3 Å². The number of benzene rings is 1. The first-order valence-electron chi connectivity index (χ1n) is 8.21. The summed E-state index contributed by atoms with van der Waals surface area (Å²) in [5.41, 5.74) is 2.34. The van der Waals surface area contributed by atoms with Crippen molar-refractivity contribution < 1.29 is 22.6 Å². The zero-order valence-electron chi connectivity index (χ0n) is 14.8. The van der Waals surface area contributed by atoms with Crippen LogP contribution in [0.15, 0.2) is 30.5 Å². The van der Waals surface area contributed by atoms with Gasteiger partial charge in [0.25, 0.3) is 6.01 Å². The highest BCUT2D eigenvalue weighted by atomic mass is 35.5. The second kappa shape index (κ2) is 7.26. The van der Waals surface area contributed by atoms with Crippen LogP contribution in [0, 0.1) is 0 Å². The molecule has 0 fully saturated rings. The van der Waals surface area contributed by atoms with E-state index in [1.54, 1.807) is 12.3 Å². The van der Waals surface area contributed by atoms with Crippen molar-refractivity contribution in [3.8, 4) is 22.9 Å². The van der Waals surface area contributed by atoms with Crippen molar-refractivity contribution in [2.24, 2.45) is 0 Å². The summed E-state index contributed by atoms with van der Waals surface area (Å²) in [4.78, 5) is 8.91. The molecular formula is C18H17ClF3N3O2. The first kappa shape index (κ1) is 19.3. The summed E-state index contributed by atoms with van der Waals surface area (Å²) >= 11 is 6.23. The van der Waals surface area contributed by atoms with Gasteiger partial charge in [0, 0.05) is 23.4 Å². The van der Waals surface area contributed by atoms with Gasteiger partial charge >= 0.3 is 6.36 Å². The quantitative estimate of drug-likeness (QED) is 0.558. The Labute approximate surface area is 158 Å². The van der Waals surface area contributed by atoms with Crippen molar-refractivity contribution in [2.75, 3.05) is 7.11 Å². The Hall–Kier alpha value is -2.48. The van der Waals surface area contributed by atoms with Crippen molar-refractivity contribution in [1.29, 1.82) is 0 Å². The molecule has 1 unspecified atom stereocenters. The number of methoxy groups -OCH3 is 1. The molecule has 27 heavy (non-hydrogen) atoms. The lowest BCUT2D eigenvalue weighted by Gasteiger charge is -2.14. The molecule has 0 bridgehead atoms. The highest BCUT2D eigenvalue weighted by molar-refractivity contribution is 6.33. The summed E-state index contributed by atoms with van der Waals surface area (Å²) in [5, 5.41) is 0.112. The number of imidazole rings is 1. The predicted octanol–water partition coefficient (Wildman–Crippen LogP) is 5.63. The average Bonchev–Trinajstić information content (AvgIpc) is 2.98. The largest absolute Gasteiger partial charge is 0.573 e. The molecule has 0 spiro atoms. The summed E-state index contributed by atoms with van der Waals surface area (Å²) in [6.07, 6.45) is -2.33. The monoisotopic (exact) mass is 399 g/mol. The number of hydrogen-bond donors (Lipinski definition) is 0. The molecule has 0 radical (unpaired) electrons. The Bertz CT molecular complexity index is 972. The maximum Gasteiger partial charge on any atom is 0.573 e. The molecule has 0 amide bonds. The molecule has 5 nitrogen and oxygen atoms in total. The molecule has 0 saturated carbocycles. The second-order valence-electron chi connectivity index (χ2n) is 5.95. The van der Waals surface area contributed by atoms with Gasteiger partial charge in [-0.15, -0.1) is 13.2 Å². The normalized spacial score (nSPS) is 13.0. The first-order valence-corrected chi connectivity index (χ1v) is 8.59. The SMILES string of the molecule is CCC(C)n1c(OC)nc2c(-c3ccc(OC(F)(F)F)cc3Cl)ccnc21. The van der Waals surface area contributed by atoms with Gasteiger partial charge in [0.2, 0.25) is 0 Å². The summed E-state index contributed by atoms with van der Waals surface area (Å²) < 4.78 is 48.4. The number of nitrogens with zero attached hydrogens (tertiary/aromatic N) is 3. The van der Waals surface area contributed by atoms with Gasteiger partial charge in [-0.2, -0.15) is 4.98 Å². The summed E-state index contributed by atoms with van der Waals surface area (Å²) in [6, 6.07) is 6.02. The average molecular weight is 400 g/mol. The maximum absolute atomic E-state index is 12.4. The number of aromatic nitrogens is 3. The van der Waals surface area contributed by atoms with E-state index in [0.717, 1.165) is 12.5 Å². The van der Waals surface area contributed by atoms with E-state index in [4.69, 9.17) is 16.3 Å². The summed E-state index contributed by atoms with van der Waals surface area (Å²) in [6.45, 7) is 4.06. The first-order chi connectivity index (χ1) is 12.7. The molecule has 0 N–H and O–H groups in total.